The van der Waals surface area contributed by atoms with Crippen molar-refractivity contribution < 1.29 is 24.6 Å². The van der Waals surface area contributed by atoms with E-state index in [9.17, 15) is 19.8 Å². The van der Waals surface area contributed by atoms with Gasteiger partial charge in [-0.25, -0.2) is 4.79 Å². The Hall–Kier alpha value is -1.89. The number of nitrogens with zero attached hydrogens (tertiary/aromatic N) is 1. The molecule has 4 aliphatic carbocycles. The Balaban J connectivity index is 1.38. The van der Waals surface area contributed by atoms with E-state index in [4.69, 9.17) is 4.84 Å². The summed E-state index contributed by atoms with van der Waals surface area (Å²) in [4.78, 5) is 28.9. The summed E-state index contributed by atoms with van der Waals surface area (Å²) in [5.74, 6) is 0.350. The second-order valence-electron chi connectivity index (χ2n) is 11.8. The van der Waals surface area contributed by atoms with Gasteiger partial charge in [-0.1, -0.05) is 44.8 Å². The number of aliphatic carboxylic acids is 1. The number of aliphatic hydroxyl groups excluding tert-OH is 1. The smallest absolute Gasteiger partial charge is 0.326 e. The fourth-order valence-corrected chi connectivity index (χ4v) is 7.69. The zero-order valence-corrected chi connectivity index (χ0v) is 21.2. The number of carbonyl (C=O) groups excluding carboxylic acids is 1. The summed E-state index contributed by atoms with van der Waals surface area (Å²) >= 11 is 0. The van der Waals surface area contributed by atoms with Gasteiger partial charge in [0.25, 0.3) is 5.91 Å². The first-order valence-corrected chi connectivity index (χ1v) is 13.2. The van der Waals surface area contributed by atoms with E-state index in [1.165, 1.54) is 18.4 Å². The van der Waals surface area contributed by atoms with Crippen molar-refractivity contribution in [2.24, 2.45) is 39.7 Å². The number of amides is 1. The topological polar surface area (TPSA) is 108 Å². The van der Waals surface area contributed by atoms with Gasteiger partial charge in [0.1, 0.15) is 6.04 Å². The zero-order chi connectivity index (χ0) is 24.7. The van der Waals surface area contributed by atoms with Gasteiger partial charge in [0.05, 0.1) is 11.8 Å². The number of hydrogen-bond acceptors (Lipinski definition) is 5. The van der Waals surface area contributed by atoms with Gasteiger partial charge in [0, 0.05) is 0 Å². The number of carbonyl (C=O) groups is 2. The molecule has 3 saturated carbocycles. The molecule has 3 fully saturated rings. The average molecular weight is 475 g/mol. The van der Waals surface area contributed by atoms with E-state index >= 15 is 0 Å². The van der Waals surface area contributed by atoms with Gasteiger partial charge in [0.15, 0.2) is 6.61 Å². The first-order valence-electron chi connectivity index (χ1n) is 13.2. The lowest BCUT2D eigenvalue weighted by Crippen LogP contribution is -2.51. The quantitative estimate of drug-likeness (QED) is 0.477. The second-order valence-corrected chi connectivity index (χ2v) is 11.8. The molecule has 0 aromatic rings. The van der Waals surface area contributed by atoms with E-state index in [-0.39, 0.29) is 29.5 Å². The molecule has 8 atom stereocenters. The number of rotatable bonds is 7. The number of aliphatic hydroxyl groups is 1. The Bertz CT molecular complexity index is 869. The minimum atomic E-state index is -1.03. The van der Waals surface area contributed by atoms with Crippen LogP contribution in [0, 0.1) is 34.5 Å². The maximum Gasteiger partial charge on any atom is 0.326 e. The third-order valence-electron chi connectivity index (χ3n) is 10.1. The maximum atomic E-state index is 12.2. The Morgan fingerprint density at radius 3 is 2.65 bits per heavy atom. The molecule has 3 N–H and O–H groups in total. The molecule has 0 radical (unpaired) electrons. The van der Waals surface area contributed by atoms with Crippen LogP contribution in [0.4, 0.5) is 0 Å². The molecule has 7 heteroatoms. The van der Waals surface area contributed by atoms with Crippen molar-refractivity contribution in [3.63, 3.8) is 0 Å². The van der Waals surface area contributed by atoms with Gasteiger partial charge in [0.2, 0.25) is 0 Å². The highest BCUT2D eigenvalue weighted by molar-refractivity contribution is 5.96. The standard InChI is InChI=1S/C27H42N2O5/c1-5-16(2)24(25(32)33)28-23(31)15-34-29-18-10-12-26(3)17(14-18)6-7-19-20-8-9-22(30)27(20,4)13-11-21(19)26/h14,16,19-22,24,30H,5-13,15H2,1-4H3,(H,28,31)(H,32,33)/b29-18+/t16-,19-,20-,21-,22-,24-,26-,27-/m0/s1. The van der Waals surface area contributed by atoms with E-state index in [0.29, 0.717) is 24.2 Å². The van der Waals surface area contributed by atoms with E-state index in [1.807, 2.05) is 13.8 Å². The SMILES string of the molecule is CC[C@H](C)[C@H](NC(=O)CO/N=C1/C=C2CC[C@H]3[C@@H]4CC[C@H](O)[C@@]4(C)CC[C@@H]3[C@@]2(C)CC1)C(=O)O. The fraction of sp³-hybridized carbons (Fsp3) is 0.815. The summed E-state index contributed by atoms with van der Waals surface area (Å²) in [5, 5.41) is 26.8. The van der Waals surface area contributed by atoms with Crippen LogP contribution in [0.2, 0.25) is 0 Å². The monoisotopic (exact) mass is 474 g/mol. The van der Waals surface area contributed by atoms with Crippen molar-refractivity contribution in [2.45, 2.75) is 97.6 Å². The van der Waals surface area contributed by atoms with Crippen LogP contribution in [-0.2, 0) is 14.4 Å². The number of carboxylic acid groups (broad SMARTS) is 1. The molecule has 0 aliphatic heterocycles. The Morgan fingerprint density at radius 1 is 1.18 bits per heavy atom. The average Bonchev–Trinajstić information content (AvgIpc) is 3.11. The van der Waals surface area contributed by atoms with Gasteiger partial charge in [-0.2, -0.15) is 0 Å². The molecule has 0 heterocycles. The molecule has 0 bridgehead atoms. The van der Waals surface area contributed by atoms with Crippen LogP contribution in [0.1, 0.15) is 85.5 Å². The Labute approximate surface area is 203 Å². The van der Waals surface area contributed by atoms with Crippen molar-refractivity contribution in [1.82, 2.24) is 5.32 Å². The molecular weight excluding hydrogens is 432 g/mol. The van der Waals surface area contributed by atoms with E-state index < -0.39 is 17.9 Å². The highest BCUT2D eigenvalue weighted by Crippen LogP contribution is 2.65. The molecule has 4 aliphatic rings. The fourth-order valence-electron chi connectivity index (χ4n) is 7.69. The molecule has 0 spiro atoms. The Kier molecular flexibility index (Phi) is 7.14. The van der Waals surface area contributed by atoms with Crippen LogP contribution in [0.5, 0.6) is 0 Å². The van der Waals surface area contributed by atoms with Gasteiger partial charge >= 0.3 is 5.97 Å². The second kappa shape index (κ2) is 9.63. The molecule has 0 aromatic carbocycles. The van der Waals surface area contributed by atoms with Crippen molar-refractivity contribution in [3.8, 4) is 0 Å². The van der Waals surface area contributed by atoms with Gasteiger partial charge in [-0.05, 0) is 91.9 Å². The molecule has 0 unspecified atom stereocenters. The lowest BCUT2D eigenvalue weighted by molar-refractivity contribution is -0.144. The summed E-state index contributed by atoms with van der Waals surface area (Å²) in [7, 11) is 0. The maximum absolute atomic E-state index is 12.2. The van der Waals surface area contributed by atoms with Crippen LogP contribution in [0.25, 0.3) is 0 Å². The first-order chi connectivity index (χ1) is 16.1. The van der Waals surface area contributed by atoms with E-state index in [2.05, 4.69) is 30.4 Å². The summed E-state index contributed by atoms with van der Waals surface area (Å²) in [6.45, 7) is 8.17. The number of carboxylic acids is 1. The van der Waals surface area contributed by atoms with Crippen molar-refractivity contribution in [3.05, 3.63) is 11.6 Å². The highest BCUT2D eigenvalue weighted by atomic mass is 16.6. The summed E-state index contributed by atoms with van der Waals surface area (Å²) < 4.78 is 0. The molecule has 4 rings (SSSR count). The largest absolute Gasteiger partial charge is 0.480 e. The third-order valence-corrected chi connectivity index (χ3v) is 10.1. The minimum Gasteiger partial charge on any atom is -0.480 e. The molecule has 0 saturated heterocycles. The van der Waals surface area contributed by atoms with E-state index in [0.717, 1.165) is 44.2 Å². The van der Waals surface area contributed by atoms with Gasteiger partial charge in [-0.15, -0.1) is 0 Å². The number of fused-ring (bicyclic) bond motifs is 5. The normalized spacial score (nSPS) is 39.8. The van der Waals surface area contributed by atoms with Crippen LogP contribution < -0.4 is 5.32 Å². The predicted octanol–water partition coefficient (Wildman–Crippen LogP) is 4.30. The van der Waals surface area contributed by atoms with Crippen molar-refractivity contribution in [1.29, 1.82) is 0 Å². The lowest BCUT2D eigenvalue weighted by atomic mass is 9.47. The number of nitrogens with one attached hydrogen (secondary N) is 1. The minimum absolute atomic E-state index is 0.100. The van der Waals surface area contributed by atoms with Gasteiger partial charge < -0.3 is 20.4 Å². The predicted molar refractivity (Wildman–Crippen MR) is 130 cm³/mol. The van der Waals surface area contributed by atoms with Crippen LogP contribution in [0.3, 0.4) is 0 Å². The summed E-state index contributed by atoms with van der Waals surface area (Å²) in [6.07, 6.45) is 11.2. The zero-order valence-electron chi connectivity index (χ0n) is 21.2. The highest BCUT2D eigenvalue weighted by Gasteiger charge is 2.58. The number of allylic oxidation sites excluding steroid dienone is 2. The van der Waals surface area contributed by atoms with Crippen LogP contribution >= 0.6 is 0 Å². The molecule has 1 amide bonds. The van der Waals surface area contributed by atoms with E-state index in [1.54, 1.807) is 0 Å². The lowest BCUT2D eigenvalue weighted by Gasteiger charge is -2.57. The molecular formula is C27H42N2O5. The Morgan fingerprint density at radius 2 is 1.94 bits per heavy atom. The summed E-state index contributed by atoms with van der Waals surface area (Å²) in [6, 6.07) is -0.917. The molecule has 7 nitrogen and oxygen atoms in total. The molecule has 0 aromatic heterocycles. The number of hydrogen-bond donors (Lipinski definition) is 3. The molecule has 34 heavy (non-hydrogen) atoms. The first kappa shape index (κ1) is 25.2. The van der Waals surface area contributed by atoms with Crippen molar-refractivity contribution >= 4 is 17.6 Å². The van der Waals surface area contributed by atoms with Crippen LogP contribution in [-0.4, -0.2) is 46.6 Å². The number of oxime groups is 1. The van der Waals surface area contributed by atoms with Crippen molar-refractivity contribution in [2.75, 3.05) is 6.61 Å². The third kappa shape index (κ3) is 4.40. The molecule has 190 valence electrons. The van der Waals surface area contributed by atoms with Crippen LogP contribution in [0.15, 0.2) is 16.8 Å². The van der Waals surface area contributed by atoms with Gasteiger partial charge in [-0.3, -0.25) is 4.79 Å². The summed E-state index contributed by atoms with van der Waals surface area (Å²) in [5.41, 5.74) is 2.60.